The van der Waals surface area contributed by atoms with Crippen LogP contribution in [0.1, 0.15) is 31.8 Å². The Bertz CT molecular complexity index is 941. The van der Waals surface area contributed by atoms with Gasteiger partial charge in [0.25, 0.3) is 0 Å². The van der Waals surface area contributed by atoms with E-state index in [1.165, 1.54) is 13.2 Å². The van der Waals surface area contributed by atoms with Crippen molar-refractivity contribution in [2.45, 2.75) is 6.92 Å². The fourth-order valence-electron chi connectivity index (χ4n) is 2.72. The number of aldehydes is 1. The van der Waals surface area contributed by atoms with Gasteiger partial charge in [-0.3, -0.25) is 9.59 Å². The number of rotatable bonds is 11. The maximum atomic E-state index is 12.7. The molecule has 29 heavy (non-hydrogen) atoms. The molecule has 2 rings (SSSR count). The molecule has 0 saturated heterocycles. The fourth-order valence-corrected chi connectivity index (χ4v) is 2.72. The predicted octanol–water partition coefficient (Wildman–Crippen LogP) is 4.84. The van der Waals surface area contributed by atoms with Crippen molar-refractivity contribution in [1.29, 1.82) is 0 Å². The SMILES string of the molecule is C=CCOc1ccc(/C=C/C(=O)c2ccc(C=O)c(C)c2OC)c(OCC=C)c1. The summed E-state index contributed by atoms with van der Waals surface area (Å²) in [7, 11) is 1.47. The molecule has 0 aliphatic heterocycles. The molecule has 0 unspecified atom stereocenters. The lowest BCUT2D eigenvalue weighted by molar-refractivity contribution is 0.104. The Morgan fingerprint density at radius 1 is 1.03 bits per heavy atom. The highest BCUT2D eigenvalue weighted by molar-refractivity contribution is 6.09. The Morgan fingerprint density at radius 3 is 2.38 bits per heavy atom. The van der Waals surface area contributed by atoms with Gasteiger partial charge in [-0.15, -0.1) is 0 Å². The summed E-state index contributed by atoms with van der Waals surface area (Å²) in [5, 5.41) is 0. The first-order valence-corrected chi connectivity index (χ1v) is 9.02. The number of hydrogen-bond donors (Lipinski definition) is 0. The number of ether oxygens (including phenoxy) is 3. The summed E-state index contributed by atoms with van der Waals surface area (Å²) in [5.41, 5.74) is 2.20. The third-order valence-corrected chi connectivity index (χ3v) is 4.17. The summed E-state index contributed by atoms with van der Waals surface area (Å²) in [6.07, 6.45) is 7.14. The number of methoxy groups -OCH3 is 1. The molecule has 0 atom stereocenters. The van der Waals surface area contributed by atoms with E-state index in [-0.39, 0.29) is 5.78 Å². The molecule has 5 nitrogen and oxygen atoms in total. The molecule has 0 saturated carbocycles. The maximum Gasteiger partial charge on any atom is 0.189 e. The Balaban J connectivity index is 2.33. The molecule has 2 aromatic rings. The highest BCUT2D eigenvalue weighted by atomic mass is 16.5. The van der Waals surface area contributed by atoms with Crippen LogP contribution in [0.5, 0.6) is 17.2 Å². The minimum atomic E-state index is -0.246. The van der Waals surface area contributed by atoms with Crippen LogP contribution in [0.4, 0.5) is 0 Å². The van der Waals surface area contributed by atoms with E-state index >= 15 is 0 Å². The maximum absolute atomic E-state index is 12.7. The molecule has 0 N–H and O–H groups in total. The van der Waals surface area contributed by atoms with E-state index in [1.807, 2.05) is 0 Å². The van der Waals surface area contributed by atoms with Crippen LogP contribution in [0, 0.1) is 6.92 Å². The van der Waals surface area contributed by atoms with Gasteiger partial charge in [-0.05, 0) is 37.3 Å². The van der Waals surface area contributed by atoms with E-state index < -0.39 is 0 Å². The molecular weight excluding hydrogens is 368 g/mol. The number of allylic oxidation sites excluding steroid dienone is 1. The minimum Gasteiger partial charge on any atom is -0.496 e. The molecule has 0 bridgehead atoms. The van der Waals surface area contributed by atoms with Crippen molar-refractivity contribution in [3.05, 3.63) is 84.0 Å². The number of ketones is 1. The highest BCUT2D eigenvalue weighted by Crippen LogP contribution is 2.29. The lowest BCUT2D eigenvalue weighted by Crippen LogP contribution is -2.03. The Morgan fingerprint density at radius 2 is 1.72 bits per heavy atom. The smallest absolute Gasteiger partial charge is 0.189 e. The van der Waals surface area contributed by atoms with E-state index in [0.717, 1.165) is 6.29 Å². The molecule has 0 spiro atoms. The second-order valence-corrected chi connectivity index (χ2v) is 6.08. The van der Waals surface area contributed by atoms with Gasteiger partial charge in [0, 0.05) is 22.8 Å². The van der Waals surface area contributed by atoms with Crippen LogP contribution < -0.4 is 14.2 Å². The molecule has 0 amide bonds. The van der Waals surface area contributed by atoms with Crippen molar-refractivity contribution in [2.24, 2.45) is 0 Å². The van der Waals surface area contributed by atoms with Crippen LogP contribution in [0.3, 0.4) is 0 Å². The van der Waals surface area contributed by atoms with Gasteiger partial charge >= 0.3 is 0 Å². The molecule has 0 radical (unpaired) electrons. The number of hydrogen-bond acceptors (Lipinski definition) is 5. The van der Waals surface area contributed by atoms with E-state index in [2.05, 4.69) is 13.2 Å². The van der Waals surface area contributed by atoms with Crippen LogP contribution in [0.2, 0.25) is 0 Å². The molecule has 0 heterocycles. The zero-order valence-electron chi connectivity index (χ0n) is 16.6. The topological polar surface area (TPSA) is 61.8 Å². The second kappa shape index (κ2) is 10.7. The fraction of sp³-hybridized carbons (Fsp3) is 0.167. The largest absolute Gasteiger partial charge is 0.496 e. The van der Waals surface area contributed by atoms with Gasteiger partial charge in [-0.25, -0.2) is 0 Å². The summed E-state index contributed by atoms with van der Waals surface area (Å²) in [5.74, 6) is 1.34. The number of carbonyl (C=O) groups excluding carboxylic acids is 2. The summed E-state index contributed by atoms with van der Waals surface area (Å²) >= 11 is 0. The van der Waals surface area contributed by atoms with Gasteiger partial charge in [-0.2, -0.15) is 0 Å². The van der Waals surface area contributed by atoms with Gasteiger partial charge in [-0.1, -0.05) is 31.4 Å². The second-order valence-electron chi connectivity index (χ2n) is 6.08. The molecule has 0 fully saturated rings. The van der Waals surface area contributed by atoms with Gasteiger partial charge in [0.05, 0.1) is 12.7 Å². The summed E-state index contributed by atoms with van der Waals surface area (Å²) in [4.78, 5) is 23.8. The molecule has 0 aromatic heterocycles. The lowest BCUT2D eigenvalue weighted by Gasteiger charge is -2.12. The first-order valence-electron chi connectivity index (χ1n) is 9.02. The summed E-state index contributed by atoms with van der Waals surface area (Å²) in [6, 6.07) is 8.54. The zero-order chi connectivity index (χ0) is 21.2. The van der Waals surface area contributed by atoms with Gasteiger partial charge in [0.2, 0.25) is 0 Å². The van der Waals surface area contributed by atoms with Crippen LogP contribution in [-0.4, -0.2) is 32.4 Å². The minimum absolute atomic E-state index is 0.246. The van der Waals surface area contributed by atoms with Crippen molar-refractivity contribution < 1.29 is 23.8 Å². The van der Waals surface area contributed by atoms with E-state index in [0.29, 0.717) is 52.7 Å². The van der Waals surface area contributed by atoms with Gasteiger partial charge < -0.3 is 14.2 Å². The molecule has 5 heteroatoms. The third-order valence-electron chi connectivity index (χ3n) is 4.17. The first-order chi connectivity index (χ1) is 14.0. The quantitative estimate of drug-likeness (QED) is 0.237. The number of carbonyl (C=O) groups is 2. The van der Waals surface area contributed by atoms with Gasteiger partial charge in [0.1, 0.15) is 36.7 Å². The summed E-state index contributed by atoms with van der Waals surface area (Å²) < 4.78 is 16.6. The Kier molecular flexibility index (Phi) is 7.98. The van der Waals surface area contributed by atoms with Gasteiger partial charge in [0.15, 0.2) is 5.78 Å². The van der Waals surface area contributed by atoms with Crippen molar-refractivity contribution in [3.63, 3.8) is 0 Å². The summed E-state index contributed by atoms with van der Waals surface area (Å²) in [6.45, 7) is 9.72. The average molecular weight is 392 g/mol. The predicted molar refractivity (Wildman–Crippen MR) is 114 cm³/mol. The van der Waals surface area contributed by atoms with E-state index in [9.17, 15) is 9.59 Å². The van der Waals surface area contributed by atoms with Crippen LogP contribution in [0.15, 0.2) is 61.7 Å². The molecule has 0 aliphatic carbocycles. The first kappa shape index (κ1) is 21.7. The lowest BCUT2D eigenvalue weighted by atomic mass is 10.0. The average Bonchev–Trinajstić information content (AvgIpc) is 2.74. The van der Waals surface area contributed by atoms with Crippen molar-refractivity contribution in [2.75, 3.05) is 20.3 Å². The Hall–Kier alpha value is -3.60. The highest BCUT2D eigenvalue weighted by Gasteiger charge is 2.15. The monoisotopic (exact) mass is 392 g/mol. The van der Waals surface area contributed by atoms with Crippen LogP contribution in [0.25, 0.3) is 6.08 Å². The van der Waals surface area contributed by atoms with Crippen molar-refractivity contribution >= 4 is 18.1 Å². The number of benzene rings is 2. The molecule has 2 aromatic carbocycles. The van der Waals surface area contributed by atoms with Crippen LogP contribution in [-0.2, 0) is 0 Å². The van der Waals surface area contributed by atoms with Crippen molar-refractivity contribution in [1.82, 2.24) is 0 Å². The Labute approximate surface area is 170 Å². The molecule has 0 aliphatic rings. The normalized spacial score (nSPS) is 10.4. The zero-order valence-corrected chi connectivity index (χ0v) is 16.6. The molecular formula is C24H24O5. The standard InChI is InChI=1S/C24H24O5/c1-5-13-28-20-10-7-18(23(15-20)29-14-6-2)9-12-22(26)21-11-8-19(16-25)17(3)24(21)27-4/h5-12,15-16H,1-2,13-14H2,3-4H3/b12-9+. The molecule has 150 valence electrons. The van der Waals surface area contributed by atoms with E-state index in [1.54, 1.807) is 55.5 Å². The van der Waals surface area contributed by atoms with E-state index in [4.69, 9.17) is 14.2 Å². The van der Waals surface area contributed by atoms with Crippen molar-refractivity contribution in [3.8, 4) is 17.2 Å². The van der Waals surface area contributed by atoms with Crippen LogP contribution >= 0.6 is 0 Å². The third kappa shape index (κ3) is 5.45.